The van der Waals surface area contributed by atoms with Gasteiger partial charge in [0.25, 0.3) is 11.5 Å². The molecule has 0 spiro atoms. The zero-order valence-corrected chi connectivity index (χ0v) is 8.98. The largest absolute Gasteiger partial charge is 0.618 e. The van der Waals surface area contributed by atoms with Crippen LogP contribution in [0.25, 0.3) is 6.08 Å². The van der Waals surface area contributed by atoms with Gasteiger partial charge in [-0.15, -0.1) is 0 Å². The number of ketones is 1. The summed E-state index contributed by atoms with van der Waals surface area (Å²) in [5.74, 6) is -0.341. The van der Waals surface area contributed by atoms with Gasteiger partial charge in [-0.25, -0.2) is 0 Å². The summed E-state index contributed by atoms with van der Waals surface area (Å²) in [5.41, 5.74) is 0.772. The van der Waals surface area contributed by atoms with E-state index >= 15 is 0 Å². The van der Waals surface area contributed by atoms with Crippen LogP contribution in [0.4, 0.5) is 0 Å². The molecule has 4 nitrogen and oxygen atoms in total. The van der Waals surface area contributed by atoms with Gasteiger partial charge in [-0.05, 0) is 30.4 Å². The van der Waals surface area contributed by atoms with Crippen LogP contribution in [0.2, 0.25) is 0 Å². The van der Waals surface area contributed by atoms with Crippen LogP contribution in [0, 0.1) is 5.21 Å². The Labute approximate surface area is 98.5 Å². The quantitative estimate of drug-likeness (QED) is 0.346. The van der Waals surface area contributed by atoms with Crippen molar-refractivity contribution in [3.05, 3.63) is 71.5 Å². The number of pyridine rings is 2. The van der Waals surface area contributed by atoms with E-state index in [-0.39, 0.29) is 11.5 Å². The van der Waals surface area contributed by atoms with Gasteiger partial charge in [-0.2, -0.15) is 4.73 Å². The predicted octanol–water partition coefficient (Wildman–Crippen LogP) is 1.61. The smallest absolute Gasteiger partial charge is 0.264 e. The monoisotopic (exact) mass is 226 g/mol. The molecular formula is C13H10N2O2. The zero-order chi connectivity index (χ0) is 12.1. The summed E-state index contributed by atoms with van der Waals surface area (Å²) < 4.78 is 0.547. The molecule has 2 heterocycles. The molecule has 0 saturated carbocycles. The Bertz CT molecular complexity index is 550. The molecule has 2 rings (SSSR count). The summed E-state index contributed by atoms with van der Waals surface area (Å²) in [6.45, 7) is 0. The number of hydrogen-bond acceptors (Lipinski definition) is 3. The Morgan fingerprint density at radius 1 is 1.24 bits per heavy atom. The number of aromatic nitrogens is 2. The minimum Gasteiger partial charge on any atom is -0.618 e. The lowest BCUT2D eigenvalue weighted by Crippen LogP contribution is -2.33. The van der Waals surface area contributed by atoms with E-state index in [1.165, 1.54) is 18.3 Å². The predicted molar refractivity (Wildman–Crippen MR) is 63.0 cm³/mol. The standard InChI is InChI=1S/C13H10N2O2/c16-13(12-6-2-4-10-15(12)17)8-7-11-5-1-3-9-14-11/h1-10H/b8-7+. The summed E-state index contributed by atoms with van der Waals surface area (Å²) in [7, 11) is 0. The molecule has 0 amide bonds. The number of allylic oxidation sites excluding steroid dienone is 1. The molecule has 0 aliphatic rings. The molecule has 2 aromatic heterocycles. The van der Waals surface area contributed by atoms with Crippen molar-refractivity contribution in [1.82, 2.24) is 4.98 Å². The van der Waals surface area contributed by atoms with Crippen LogP contribution in [0.1, 0.15) is 16.2 Å². The molecule has 0 radical (unpaired) electrons. The van der Waals surface area contributed by atoms with Crippen LogP contribution in [0.15, 0.2) is 54.9 Å². The summed E-state index contributed by atoms with van der Waals surface area (Å²) in [6, 6.07) is 10.1. The Morgan fingerprint density at radius 3 is 2.76 bits per heavy atom. The van der Waals surface area contributed by atoms with Crippen LogP contribution < -0.4 is 4.73 Å². The van der Waals surface area contributed by atoms with Gasteiger partial charge in [0.15, 0.2) is 6.20 Å². The lowest BCUT2D eigenvalue weighted by Gasteiger charge is -1.99. The number of hydrogen-bond donors (Lipinski definition) is 0. The van der Waals surface area contributed by atoms with Crippen molar-refractivity contribution in [2.24, 2.45) is 0 Å². The molecule has 0 fully saturated rings. The fourth-order valence-corrected chi connectivity index (χ4v) is 1.34. The molecule has 4 heteroatoms. The van der Waals surface area contributed by atoms with Gasteiger partial charge in [0.1, 0.15) is 0 Å². The van der Waals surface area contributed by atoms with Crippen molar-refractivity contribution in [2.45, 2.75) is 0 Å². The van der Waals surface area contributed by atoms with E-state index in [2.05, 4.69) is 4.98 Å². The van der Waals surface area contributed by atoms with Crippen molar-refractivity contribution >= 4 is 11.9 Å². The maximum Gasteiger partial charge on any atom is 0.264 e. The number of rotatable bonds is 3. The van der Waals surface area contributed by atoms with E-state index in [4.69, 9.17) is 0 Å². The van der Waals surface area contributed by atoms with E-state index < -0.39 is 0 Å². The van der Waals surface area contributed by atoms with Crippen LogP contribution in [0.5, 0.6) is 0 Å². The van der Waals surface area contributed by atoms with Gasteiger partial charge >= 0.3 is 0 Å². The third-order valence-corrected chi connectivity index (χ3v) is 2.17. The SMILES string of the molecule is O=C(/C=C/c1ccccn1)c1cccc[n+]1[O-]. The maximum atomic E-state index is 11.7. The molecule has 17 heavy (non-hydrogen) atoms. The molecule has 0 aliphatic carbocycles. The molecule has 84 valence electrons. The molecular weight excluding hydrogens is 216 g/mol. The molecule has 0 aliphatic heterocycles. The molecule has 0 unspecified atom stereocenters. The average molecular weight is 226 g/mol. The number of carbonyl (C=O) groups is 1. The van der Waals surface area contributed by atoms with E-state index in [9.17, 15) is 10.0 Å². The van der Waals surface area contributed by atoms with Crippen LogP contribution in [-0.4, -0.2) is 10.8 Å². The first kappa shape index (κ1) is 11.0. The molecule has 0 aromatic carbocycles. The third kappa shape index (κ3) is 2.75. The average Bonchev–Trinajstić information content (AvgIpc) is 2.38. The van der Waals surface area contributed by atoms with E-state index in [1.54, 1.807) is 36.5 Å². The molecule has 0 N–H and O–H groups in total. The second kappa shape index (κ2) is 5.03. The number of carbonyl (C=O) groups excluding carboxylic acids is 1. The summed E-state index contributed by atoms with van der Waals surface area (Å²) in [4.78, 5) is 15.7. The number of nitrogens with zero attached hydrogens (tertiary/aromatic N) is 2. The van der Waals surface area contributed by atoms with E-state index in [0.29, 0.717) is 10.4 Å². The summed E-state index contributed by atoms with van der Waals surface area (Å²) in [6.07, 6.45) is 5.85. The van der Waals surface area contributed by atoms with E-state index in [1.807, 2.05) is 6.07 Å². The van der Waals surface area contributed by atoms with Gasteiger partial charge in [-0.1, -0.05) is 6.07 Å². The van der Waals surface area contributed by atoms with Crippen molar-refractivity contribution in [3.8, 4) is 0 Å². The van der Waals surface area contributed by atoms with Gasteiger partial charge in [0.2, 0.25) is 0 Å². The molecule has 0 bridgehead atoms. The van der Waals surface area contributed by atoms with Gasteiger partial charge < -0.3 is 5.21 Å². The highest BCUT2D eigenvalue weighted by molar-refractivity contribution is 6.04. The summed E-state index contributed by atoms with van der Waals surface area (Å²) in [5, 5.41) is 11.3. The van der Waals surface area contributed by atoms with Gasteiger partial charge in [0.05, 0.1) is 5.69 Å². The van der Waals surface area contributed by atoms with Crippen LogP contribution in [0.3, 0.4) is 0 Å². The zero-order valence-electron chi connectivity index (χ0n) is 8.98. The molecule has 0 saturated heterocycles. The van der Waals surface area contributed by atoms with Crippen molar-refractivity contribution in [3.63, 3.8) is 0 Å². The summed E-state index contributed by atoms with van der Waals surface area (Å²) >= 11 is 0. The normalized spacial score (nSPS) is 10.6. The first-order chi connectivity index (χ1) is 8.27. The van der Waals surface area contributed by atoms with Gasteiger partial charge in [-0.3, -0.25) is 9.78 Å². The first-order valence-electron chi connectivity index (χ1n) is 5.09. The lowest BCUT2D eigenvalue weighted by atomic mass is 10.2. The van der Waals surface area contributed by atoms with Gasteiger partial charge in [0, 0.05) is 18.3 Å². The fraction of sp³-hybridized carbons (Fsp3) is 0. The highest BCUT2D eigenvalue weighted by Gasteiger charge is 2.10. The van der Waals surface area contributed by atoms with Crippen molar-refractivity contribution < 1.29 is 9.52 Å². The van der Waals surface area contributed by atoms with Crippen LogP contribution >= 0.6 is 0 Å². The maximum absolute atomic E-state index is 11.7. The molecule has 2 aromatic rings. The Balaban J connectivity index is 2.18. The minimum atomic E-state index is -0.341. The Kier molecular flexibility index (Phi) is 3.25. The highest BCUT2D eigenvalue weighted by atomic mass is 16.5. The fourth-order valence-electron chi connectivity index (χ4n) is 1.34. The highest BCUT2D eigenvalue weighted by Crippen LogP contribution is 2.00. The molecule has 0 atom stereocenters. The van der Waals surface area contributed by atoms with Crippen LogP contribution in [-0.2, 0) is 0 Å². The topological polar surface area (TPSA) is 56.9 Å². The van der Waals surface area contributed by atoms with E-state index in [0.717, 1.165) is 0 Å². The van der Waals surface area contributed by atoms with Crippen molar-refractivity contribution in [2.75, 3.05) is 0 Å². The Morgan fingerprint density at radius 2 is 2.06 bits per heavy atom. The Hall–Kier alpha value is -2.49. The lowest BCUT2D eigenvalue weighted by molar-refractivity contribution is -0.607. The minimum absolute atomic E-state index is 0.0969. The first-order valence-corrected chi connectivity index (χ1v) is 5.09. The second-order valence-corrected chi connectivity index (χ2v) is 3.36. The third-order valence-electron chi connectivity index (χ3n) is 2.17. The second-order valence-electron chi connectivity index (χ2n) is 3.36. The van der Waals surface area contributed by atoms with Crippen molar-refractivity contribution in [1.29, 1.82) is 0 Å².